The first-order valence-electron chi connectivity index (χ1n) is 7.83. The third kappa shape index (κ3) is 5.06. The maximum absolute atomic E-state index is 12.0. The molecule has 1 aromatic rings. The van der Waals surface area contributed by atoms with Gasteiger partial charge in [0.1, 0.15) is 13.2 Å². The molecule has 1 aliphatic rings. The van der Waals surface area contributed by atoms with Crippen LogP contribution in [0.1, 0.15) is 19.4 Å². The lowest BCUT2D eigenvalue weighted by Crippen LogP contribution is -2.58. The van der Waals surface area contributed by atoms with Crippen molar-refractivity contribution in [1.29, 1.82) is 0 Å². The molecule has 24 heavy (non-hydrogen) atoms. The third-order valence-electron chi connectivity index (χ3n) is 3.72. The summed E-state index contributed by atoms with van der Waals surface area (Å²) in [7, 11) is 0. The minimum absolute atomic E-state index is 0.0888. The van der Waals surface area contributed by atoms with Crippen molar-refractivity contribution >= 4 is 17.8 Å². The number of amides is 2. The minimum atomic E-state index is -0.521. The topological polar surface area (TPSA) is 87.7 Å². The van der Waals surface area contributed by atoms with Crippen molar-refractivity contribution in [3.05, 3.63) is 42.4 Å². The van der Waals surface area contributed by atoms with Crippen molar-refractivity contribution in [2.45, 2.75) is 32.5 Å². The monoisotopic (exact) mass is 332 g/mol. The third-order valence-corrected chi connectivity index (χ3v) is 3.72. The van der Waals surface area contributed by atoms with Crippen LogP contribution in [0.3, 0.4) is 0 Å². The molecule has 1 fully saturated rings. The summed E-state index contributed by atoms with van der Waals surface area (Å²) < 4.78 is 5.08. The Labute approximate surface area is 141 Å². The number of rotatable bonds is 6. The van der Waals surface area contributed by atoms with Crippen LogP contribution in [-0.4, -0.2) is 47.9 Å². The highest BCUT2D eigenvalue weighted by molar-refractivity contribution is 5.89. The molecular weight excluding hydrogens is 310 g/mol. The highest BCUT2D eigenvalue weighted by Gasteiger charge is 2.31. The number of carbonyl (C=O) groups is 3. The Kier molecular flexibility index (Phi) is 6.31. The fraction of sp³-hybridized carbons (Fsp3) is 0.412. The van der Waals surface area contributed by atoms with E-state index in [0.717, 1.165) is 5.56 Å². The summed E-state index contributed by atoms with van der Waals surface area (Å²) in [6.07, 6.45) is 0. The molecule has 0 saturated carbocycles. The quantitative estimate of drug-likeness (QED) is 0.728. The molecular formula is C17H22N3O4. The van der Waals surface area contributed by atoms with E-state index in [0.29, 0.717) is 0 Å². The average Bonchev–Trinajstić information content (AvgIpc) is 2.59. The molecule has 0 bridgehead atoms. The number of nitrogens with one attached hydrogen (secondary N) is 2. The van der Waals surface area contributed by atoms with Crippen LogP contribution in [0.5, 0.6) is 0 Å². The summed E-state index contributed by atoms with van der Waals surface area (Å²) in [5.41, 5.74) is 0.877. The Morgan fingerprint density at radius 1 is 1.25 bits per heavy atom. The van der Waals surface area contributed by atoms with E-state index in [9.17, 15) is 14.4 Å². The number of esters is 1. The fourth-order valence-electron chi connectivity index (χ4n) is 2.29. The lowest BCUT2D eigenvalue weighted by molar-refractivity contribution is -0.145. The van der Waals surface area contributed by atoms with Gasteiger partial charge in [-0.2, -0.15) is 0 Å². The van der Waals surface area contributed by atoms with Crippen LogP contribution in [0.2, 0.25) is 0 Å². The Morgan fingerprint density at radius 2 is 1.96 bits per heavy atom. The molecule has 1 saturated heterocycles. The fourth-order valence-corrected chi connectivity index (χ4v) is 2.29. The lowest BCUT2D eigenvalue weighted by Gasteiger charge is -2.36. The van der Waals surface area contributed by atoms with Crippen molar-refractivity contribution in [1.82, 2.24) is 15.5 Å². The Hall–Kier alpha value is -2.41. The molecule has 1 aliphatic heterocycles. The Morgan fingerprint density at radius 3 is 2.67 bits per heavy atom. The first-order chi connectivity index (χ1) is 11.5. The SMILES string of the molecule is CC1N[CH]C(C)N(CC(=O)NCC(=O)OCc2ccccc2)C1=O. The molecule has 7 nitrogen and oxygen atoms in total. The number of benzene rings is 1. The summed E-state index contributed by atoms with van der Waals surface area (Å²) in [6.45, 7) is 5.17. The molecule has 2 N–H and O–H groups in total. The number of carbonyl (C=O) groups excluding carboxylic acids is 3. The summed E-state index contributed by atoms with van der Waals surface area (Å²) >= 11 is 0. The molecule has 2 atom stereocenters. The van der Waals surface area contributed by atoms with Crippen LogP contribution in [0, 0.1) is 6.54 Å². The van der Waals surface area contributed by atoms with Gasteiger partial charge in [-0.25, -0.2) is 0 Å². The number of ether oxygens (including phenoxy) is 1. The first-order valence-corrected chi connectivity index (χ1v) is 7.83. The lowest BCUT2D eigenvalue weighted by atomic mass is 10.1. The summed E-state index contributed by atoms with van der Waals surface area (Å²) in [6, 6.07) is 8.74. The molecule has 2 unspecified atom stereocenters. The largest absolute Gasteiger partial charge is 0.460 e. The average molecular weight is 332 g/mol. The van der Waals surface area contributed by atoms with E-state index in [1.54, 1.807) is 13.5 Å². The van der Waals surface area contributed by atoms with E-state index in [1.165, 1.54) is 4.90 Å². The predicted octanol–water partition coefficient (Wildman–Crippen LogP) is 0.217. The van der Waals surface area contributed by atoms with Gasteiger partial charge in [-0.05, 0) is 19.4 Å². The zero-order valence-electron chi connectivity index (χ0n) is 13.8. The molecule has 0 aromatic heterocycles. The van der Waals surface area contributed by atoms with Crippen LogP contribution in [0.15, 0.2) is 30.3 Å². The molecule has 1 heterocycles. The second kappa shape index (κ2) is 8.44. The number of hydrogen-bond acceptors (Lipinski definition) is 5. The highest BCUT2D eigenvalue weighted by atomic mass is 16.5. The van der Waals surface area contributed by atoms with E-state index in [1.807, 2.05) is 37.3 Å². The number of piperazine rings is 1. The van der Waals surface area contributed by atoms with Crippen molar-refractivity contribution in [3.8, 4) is 0 Å². The van der Waals surface area contributed by atoms with E-state index in [2.05, 4.69) is 10.6 Å². The van der Waals surface area contributed by atoms with Gasteiger partial charge in [0.05, 0.1) is 12.6 Å². The molecule has 2 rings (SSSR count). The van der Waals surface area contributed by atoms with E-state index in [-0.39, 0.29) is 37.7 Å². The number of hydrogen-bond donors (Lipinski definition) is 2. The molecule has 0 spiro atoms. The van der Waals surface area contributed by atoms with Gasteiger partial charge < -0.3 is 15.0 Å². The Bertz CT molecular complexity index is 591. The molecule has 2 amide bonds. The van der Waals surface area contributed by atoms with E-state index < -0.39 is 11.9 Å². The van der Waals surface area contributed by atoms with Gasteiger partial charge in [0, 0.05) is 12.6 Å². The van der Waals surface area contributed by atoms with Gasteiger partial charge >= 0.3 is 5.97 Å². The highest BCUT2D eigenvalue weighted by Crippen LogP contribution is 2.10. The standard InChI is InChI=1S/C17H22N3O4/c1-12-8-18-13(2)17(23)20(12)10-15(21)19-9-16(22)24-11-14-6-4-3-5-7-14/h3-8,12-13,18H,9-11H2,1-2H3,(H,19,21). The zero-order valence-corrected chi connectivity index (χ0v) is 13.8. The number of nitrogens with zero attached hydrogens (tertiary/aromatic N) is 1. The summed E-state index contributed by atoms with van der Waals surface area (Å²) in [5, 5.41) is 5.43. The van der Waals surface area contributed by atoms with Gasteiger partial charge in [-0.3, -0.25) is 19.7 Å². The molecule has 1 radical (unpaired) electrons. The van der Waals surface area contributed by atoms with Gasteiger partial charge in [0.25, 0.3) is 0 Å². The molecule has 0 aliphatic carbocycles. The minimum Gasteiger partial charge on any atom is -0.460 e. The van der Waals surface area contributed by atoms with Crippen LogP contribution in [0.25, 0.3) is 0 Å². The molecule has 129 valence electrons. The maximum Gasteiger partial charge on any atom is 0.325 e. The predicted molar refractivity (Wildman–Crippen MR) is 87.3 cm³/mol. The van der Waals surface area contributed by atoms with E-state index in [4.69, 9.17) is 4.74 Å². The summed E-state index contributed by atoms with van der Waals surface area (Å²) in [4.78, 5) is 37.1. The van der Waals surface area contributed by atoms with E-state index >= 15 is 0 Å². The van der Waals surface area contributed by atoms with Gasteiger partial charge in [0.15, 0.2) is 0 Å². The molecule has 7 heteroatoms. The van der Waals surface area contributed by atoms with Crippen molar-refractivity contribution in [2.24, 2.45) is 0 Å². The normalized spacial score (nSPS) is 20.6. The van der Waals surface area contributed by atoms with Gasteiger partial charge in [-0.1, -0.05) is 30.3 Å². The van der Waals surface area contributed by atoms with Crippen LogP contribution < -0.4 is 10.6 Å². The molecule has 1 aromatic carbocycles. The van der Waals surface area contributed by atoms with Crippen molar-refractivity contribution in [2.75, 3.05) is 13.1 Å². The van der Waals surface area contributed by atoms with Crippen LogP contribution >= 0.6 is 0 Å². The Balaban J connectivity index is 1.72. The smallest absolute Gasteiger partial charge is 0.325 e. The van der Waals surface area contributed by atoms with Crippen LogP contribution in [-0.2, 0) is 25.7 Å². The van der Waals surface area contributed by atoms with Crippen LogP contribution in [0.4, 0.5) is 0 Å². The van der Waals surface area contributed by atoms with Crippen molar-refractivity contribution < 1.29 is 19.1 Å². The second-order valence-corrected chi connectivity index (χ2v) is 5.68. The zero-order chi connectivity index (χ0) is 17.5. The second-order valence-electron chi connectivity index (χ2n) is 5.68. The van der Waals surface area contributed by atoms with Crippen molar-refractivity contribution in [3.63, 3.8) is 0 Å². The van der Waals surface area contributed by atoms with Gasteiger partial charge in [0.2, 0.25) is 11.8 Å². The summed E-state index contributed by atoms with van der Waals surface area (Å²) in [5.74, 6) is -1.06. The first kappa shape index (κ1) is 17.9. The maximum atomic E-state index is 12.0. The van der Waals surface area contributed by atoms with Gasteiger partial charge in [-0.15, -0.1) is 0 Å².